The Morgan fingerprint density at radius 3 is 2.38 bits per heavy atom. The minimum atomic E-state index is -3.75. The second-order valence-electron chi connectivity index (χ2n) is 8.56. The van der Waals surface area contributed by atoms with Crippen LogP contribution in [0.15, 0.2) is 53.0 Å². The Morgan fingerprint density at radius 1 is 1.15 bits per heavy atom. The second-order valence-corrected chi connectivity index (χ2v) is 11.8. The van der Waals surface area contributed by atoms with Crippen molar-refractivity contribution in [2.75, 3.05) is 17.1 Å². The van der Waals surface area contributed by atoms with Gasteiger partial charge in [-0.1, -0.05) is 52.5 Å². The maximum absolute atomic E-state index is 13.5. The molecule has 2 aromatic carbocycles. The predicted octanol–water partition coefficient (Wildman–Crippen LogP) is 4.34. The summed E-state index contributed by atoms with van der Waals surface area (Å²) in [6, 6.07) is 13.0. The number of amides is 2. The van der Waals surface area contributed by atoms with Gasteiger partial charge < -0.3 is 10.2 Å². The summed E-state index contributed by atoms with van der Waals surface area (Å²) in [5, 5.41) is 3.55. The molecule has 0 aromatic heterocycles. The van der Waals surface area contributed by atoms with E-state index in [1.807, 2.05) is 6.07 Å². The predicted molar refractivity (Wildman–Crippen MR) is 138 cm³/mol. The fourth-order valence-corrected chi connectivity index (χ4v) is 5.35. The van der Waals surface area contributed by atoms with Crippen LogP contribution in [-0.2, 0) is 26.2 Å². The number of rotatable bonds is 9. The summed E-state index contributed by atoms with van der Waals surface area (Å²) in [6.07, 6.45) is 5.04. The highest BCUT2D eigenvalue weighted by Crippen LogP contribution is 2.23. The van der Waals surface area contributed by atoms with Gasteiger partial charge in [-0.05, 0) is 61.7 Å². The lowest BCUT2D eigenvalue weighted by atomic mass is 10.1. The van der Waals surface area contributed by atoms with Crippen molar-refractivity contribution in [1.29, 1.82) is 0 Å². The number of hydrogen-bond donors (Lipinski definition) is 1. The van der Waals surface area contributed by atoms with E-state index in [0.717, 1.165) is 46.3 Å². The highest BCUT2D eigenvalue weighted by molar-refractivity contribution is 9.10. The molecule has 0 bridgehead atoms. The Kier molecular flexibility index (Phi) is 9.01. The lowest BCUT2D eigenvalue weighted by Crippen LogP contribution is -2.52. The van der Waals surface area contributed by atoms with Crippen molar-refractivity contribution >= 4 is 55.1 Å². The fourth-order valence-electron chi connectivity index (χ4n) is 4.03. The molecular weight excluding hydrogens is 542 g/mol. The van der Waals surface area contributed by atoms with Crippen LogP contribution in [0.25, 0.3) is 0 Å². The second kappa shape index (κ2) is 11.6. The summed E-state index contributed by atoms with van der Waals surface area (Å²) < 4.78 is 27.0. The molecular formula is C24H29BrClN3O4S. The van der Waals surface area contributed by atoms with Crippen LogP contribution in [0.2, 0.25) is 5.02 Å². The van der Waals surface area contributed by atoms with Gasteiger partial charge in [0.05, 0.1) is 11.9 Å². The monoisotopic (exact) mass is 569 g/mol. The first-order valence-corrected chi connectivity index (χ1v) is 14.1. The molecule has 0 radical (unpaired) electrons. The van der Waals surface area contributed by atoms with Gasteiger partial charge in [0.1, 0.15) is 12.6 Å². The zero-order valence-corrected chi connectivity index (χ0v) is 22.4. The Morgan fingerprint density at radius 2 is 1.79 bits per heavy atom. The van der Waals surface area contributed by atoms with Gasteiger partial charge in [0, 0.05) is 22.1 Å². The number of nitrogens with one attached hydrogen (secondary N) is 1. The van der Waals surface area contributed by atoms with Crippen molar-refractivity contribution in [2.24, 2.45) is 0 Å². The molecule has 184 valence electrons. The average molecular weight is 571 g/mol. The zero-order valence-electron chi connectivity index (χ0n) is 19.2. The van der Waals surface area contributed by atoms with E-state index in [2.05, 4.69) is 21.2 Å². The molecule has 0 spiro atoms. The van der Waals surface area contributed by atoms with Gasteiger partial charge in [0.15, 0.2) is 0 Å². The fraction of sp³-hybridized carbons (Fsp3) is 0.417. The van der Waals surface area contributed by atoms with Crippen LogP contribution in [0.3, 0.4) is 0 Å². The Bertz CT molecular complexity index is 1120. The van der Waals surface area contributed by atoms with Crippen LogP contribution in [-0.4, -0.2) is 50.0 Å². The van der Waals surface area contributed by atoms with E-state index in [9.17, 15) is 18.0 Å². The van der Waals surface area contributed by atoms with Crippen molar-refractivity contribution < 1.29 is 18.0 Å². The van der Waals surface area contributed by atoms with Crippen LogP contribution < -0.4 is 9.62 Å². The number of carbonyl (C=O) groups is 2. The molecule has 0 saturated heterocycles. The normalized spacial score (nSPS) is 15.1. The summed E-state index contributed by atoms with van der Waals surface area (Å²) in [4.78, 5) is 27.9. The molecule has 2 aromatic rings. The number of nitrogens with zero attached hydrogens (tertiary/aromatic N) is 2. The molecule has 10 heteroatoms. The summed E-state index contributed by atoms with van der Waals surface area (Å²) in [7, 11) is -3.75. The molecule has 1 aliphatic carbocycles. The van der Waals surface area contributed by atoms with Crippen molar-refractivity contribution in [3.8, 4) is 0 Å². The van der Waals surface area contributed by atoms with E-state index in [1.165, 1.54) is 4.90 Å². The molecule has 1 saturated carbocycles. The van der Waals surface area contributed by atoms with E-state index < -0.39 is 28.5 Å². The maximum atomic E-state index is 13.5. The van der Waals surface area contributed by atoms with Crippen LogP contribution in [0.1, 0.15) is 38.2 Å². The summed E-state index contributed by atoms with van der Waals surface area (Å²) in [6.45, 7) is 1.36. The molecule has 7 nitrogen and oxygen atoms in total. The Labute approximate surface area is 214 Å². The highest BCUT2D eigenvalue weighted by atomic mass is 79.9. The number of anilines is 1. The van der Waals surface area contributed by atoms with Gasteiger partial charge in [-0.2, -0.15) is 0 Å². The Balaban J connectivity index is 1.87. The third-order valence-electron chi connectivity index (χ3n) is 5.90. The average Bonchev–Trinajstić information content (AvgIpc) is 3.28. The minimum Gasteiger partial charge on any atom is -0.352 e. The van der Waals surface area contributed by atoms with E-state index >= 15 is 0 Å². The van der Waals surface area contributed by atoms with E-state index in [4.69, 9.17) is 11.6 Å². The smallest absolute Gasteiger partial charge is 0.244 e. The van der Waals surface area contributed by atoms with Crippen molar-refractivity contribution in [2.45, 2.75) is 51.2 Å². The standard InChI is InChI=1S/C24H29BrClN3O4S/c1-17(24(31)27-21-8-3-4-9-21)28(15-18-6-5-7-20(26)14-18)23(30)16-29(34(2,32)33)22-12-10-19(25)11-13-22/h5-7,10-14,17,21H,3-4,8-9,15-16H2,1-2H3,(H,27,31)/t17-/m0/s1. The third-order valence-corrected chi connectivity index (χ3v) is 7.81. The van der Waals surface area contributed by atoms with E-state index in [-0.39, 0.29) is 18.5 Å². The SMILES string of the molecule is C[C@@H](C(=O)NC1CCCC1)N(Cc1cccc(Cl)c1)C(=O)CN(c1ccc(Br)cc1)S(C)(=O)=O. The van der Waals surface area contributed by atoms with Gasteiger partial charge in [-0.15, -0.1) is 0 Å². The first kappa shape index (κ1) is 26.5. The lowest BCUT2D eigenvalue weighted by molar-refractivity contribution is -0.139. The molecule has 0 heterocycles. The van der Waals surface area contributed by atoms with Gasteiger partial charge >= 0.3 is 0 Å². The quantitative estimate of drug-likeness (QED) is 0.486. The van der Waals surface area contributed by atoms with Crippen LogP contribution >= 0.6 is 27.5 Å². The maximum Gasteiger partial charge on any atom is 0.244 e. The number of halogens is 2. The van der Waals surface area contributed by atoms with E-state index in [1.54, 1.807) is 49.4 Å². The van der Waals surface area contributed by atoms with Crippen molar-refractivity contribution in [3.63, 3.8) is 0 Å². The molecule has 2 amide bonds. The Hall–Kier alpha value is -2.10. The minimum absolute atomic E-state index is 0.105. The lowest BCUT2D eigenvalue weighted by Gasteiger charge is -2.32. The number of carbonyl (C=O) groups excluding carboxylic acids is 2. The van der Waals surface area contributed by atoms with E-state index in [0.29, 0.717) is 10.7 Å². The first-order chi connectivity index (χ1) is 16.0. The molecule has 0 aliphatic heterocycles. The third kappa shape index (κ3) is 7.20. The van der Waals surface area contributed by atoms with Gasteiger partial charge in [-0.3, -0.25) is 13.9 Å². The summed E-state index contributed by atoms with van der Waals surface area (Å²) in [5.41, 5.74) is 1.11. The largest absolute Gasteiger partial charge is 0.352 e. The van der Waals surface area contributed by atoms with Crippen molar-refractivity contribution in [3.05, 3.63) is 63.6 Å². The number of sulfonamides is 1. The molecule has 1 fully saturated rings. The summed E-state index contributed by atoms with van der Waals surface area (Å²) in [5.74, 6) is -0.737. The number of benzene rings is 2. The molecule has 34 heavy (non-hydrogen) atoms. The topological polar surface area (TPSA) is 86.8 Å². The molecule has 3 rings (SSSR count). The highest BCUT2D eigenvalue weighted by Gasteiger charge is 2.31. The van der Waals surface area contributed by atoms with Crippen LogP contribution in [0, 0.1) is 0 Å². The van der Waals surface area contributed by atoms with Gasteiger partial charge in [0.25, 0.3) is 0 Å². The zero-order chi connectivity index (χ0) is 24.9. The van der Waals surface area contributed by atoms with Crippen molar-refractivity contribution in [1.82, 2.24) is 10.2 Å². The molecule has 1 N–H and O–H groups in total. The van der Waals surface area contributed by atoms with Crippen LogP contribution in [0.4, 0.5) is 5.69 Å². The molecule has 0 unspecified atom stereocenters. The van der Waals surface area contributed by atoms with Crippen LogP contribution in [0.5, 0.6) is 0 Å². The van der Waals surface area contributed by atoms with Gasteiger partial charge in [0.2, 0.25) is 21.8 Å². The first-order valence-electron chi connectivity index (χ1n) is 11.1. The van der Waals surface area contributed by atoms with Gasteiger partial charge in [-0.25, -0.2) is 8.42 Å². The molecule has 1 aliphatic rings. The summed E-state index contributed by atoms with van der Waals surface area (Å²) >= 11 is 9.46. The molecule has 1 atom stereocenters. The number of hydrogen-bond acceptors (Lipinski definition) is 4.